The minimum absolute atomic E-state index is 0.291. The summed E-state index contributed by atoms with van der Waals surface area (Å²) in [6.45, 7) is -1.05. The second-order valence-corrected chi connectivity index (χ2v) is 10.2. The predicted molar refractivity (Wildman–Crippen MR) is 179 cm³/mol. The van der Waals surface area contributed by atoms with Gasteiger partial charge >= 0.3 is 6.03 Å². The molecule has 0 aliphatic carbocycles. The monoisotopic (exact) mass is 638 g/mol. The van der Waals surface area contributed by atoms with Crippen molar-refractivity contribution in [3.63, 3.8) is 0 Å². The molecule has 47 heavy (non-hydrogen) atoms. The second kappa shape index (κ2) is 16.3. The first-order valence-electron chi connectivity index (χ1n) is 14.5. The van der Waals surface area contributed by atoms with Gasteiger partial charge in [0.05, 0.1) is 32.1 Å². The summed E-state index contributed by atoms with van der Waals surface area (Å²) in [6, 6.07) is 29.6. The van der Waals surface area contributed by atoms with Gasteiger partial charge in [-0.3, -0.25) is 14.4 Å². The van der Waals surface area contributed by atoms with Gasteiger partial charge in [0.15, 0.2) is 6.61 Å². The van der Waals surface area contributed by atoms with Gasteiger partial charge in [0.1, 0.15) is 23.8 Å². The largest absolute Gasteiger partial charge is 0.497 e. The van der Waals surface area contributed by atoms with E-state index in [2.05, 4.69) is 16.7 Å². The lowest BCUT2D eigenvalue weighted by atomic mass is 10.2. The lowest BCUT2D eigenvalue weighted by molar-refractivity contribution is -0.121. The van der Waals surface area contributed by atoms with Crippen LogP contribution in [-0.2, 0) is 14.4 Å². The molecule has 0 heterocycles. The van der Waals surface area contributed by atoms with Crippen LogP contribution in [0.15, 0.2) is 97.1 Å². The van der Waals surface area contributed by atoms with E-state index >= 15 is 0 Å². The third-order valence-corrected chi connectivity index (χ3v) is 7.06. The number of urea groups is 1. The molecule has 0 aromatic heterocycles. The van der Waals surface area contributed by atoms with E-state index in [4.69, 9.17) is 14.2 Å². The topological polar surface area (TPSA) is 130 Å². The highest BCUT2D eigenvalue weighted by Crippen LogP contribution is 2.28. The molecule has 0 unspecified atom stereocenters. The first-order valence-corrected chi connectivity index (χ1v) is 14.5. The molecule has 4 rings (SSSR count). The maximum absolute atomic E-state index is 13.5. The number of rotatable bonds is 13. The average molecular weight is 639 g/mol. The number of nitrogens with one attached hydrogen (secondary N) is 2. The van der Waals surface area contributed by atoms with Crippen LogP contribution < -0.4 is 39.5 Å². The number of anilines is 4. The SMILES string of the molecule is COc1cc(OC)cc(N(C)C(=O)COc2cccc(N(CC(=O)N(C)c3ccccc3)C(=O)CNC(=O)Nc3[c]cccc3)c2)c1. The van der Waals surface area contributed by atoms with E-state index in [0.29, 0.717) is 40.0 Å². The van der Waals surface area contributed by atoms with Gasteiger partial charge in [-0.25, -0.2) is 4.79 Å². The zero-order valence-electron chi connectivity index (χ0n) is 26.6. The van der Waals surface area contributed by atoms with Crippen LogP contribution in [0.2, 0.25) is 0 Å². The Bertz CT molecular complexity index is 1660. The van der Waals surface area contributed by atoms with Gasteiger partial charge in [-0.2, -0.15) is 0 Å². The molecule has 0 aliphatic rings. The number of amides is 5. The zero-order valence-corrected chi connectivity index (χ0v) is 26.6. The minimum atomic E-state index is -0.609. The molecule has 4 aromatic carbocycles. The van der Waals surface area contributed by atoms with Crippen LogP contribution in [0.25, 0.3) is 0 Å². The molecule has 0 atom stereocenters. The van der Waals surface area contributed by atoms with Gasteiger partial charge in [0, 0.05) is 55.8 Å². The Kier molecular flexibility index (Phi) is 11.8. The molecule has 2 N–H and O–H groups in total. The lowest BCUT2D eigenvalue weighted by Gasteiger charge is -2.26. The predicted octanol–water partition coefficient (Wildman–Crippen LogP) is 4.36. The van der Waals surface area contributed by atoms with Gasteiger partial charge in [-0.15, -0.1) is 0 Å². The van der Waals surface area contributed by atoms with Crippen molar-refractivity contribution in [2.75, 3.05) is 68.0 Å². The van der Waals surface area contributed by atoms with E-state index in [-0.39, 0.29) is 25.0 Å². The normalized spacial score (nSPS) is 10.3. The number of methoxy groups -OCH3 is 2. The quantitative estimate of drug-likeness (QED) is 0.223. The van der Waals surface area contributed by atoms with Crippen molar-refractivity contribution in [2.24, 2.45) is 0 Å². The van der Waals surface area contributed by atoms with E-state index in [1.54, 1.807) is 105 Å². The van der Waals surface area contributed by atoms with Crippen LogP contribution in [-0.4, -0.2) is 71.8 Å². The molecule has 0 saturated carbocycles. The van der Waals surface area contributed by atoms with Crippen molar-refractivity contribution < 1.29 is 33.4 Å². The minimum Gasteiger partial charge on any atom is -0.497 e. The first-order chi connectivity index (χ1) is 22.7. The fourth-order valence-electron chi connectivity index (χ4n) is 4.36. The fourth-order valence-corrected chi connectivity index (χ4v) is 4.36. The summed E-state index contributed by atoms with van der Waals surface area (Å²) in [7, 11) is 6.25. The molecule has 0 fully saturated rings. The highest BCUT2D eigenvalue weighted by molar-refractivity contribution is 6.05. The molecule has 5 amide bonds. The number of carbonyl (C=O) groups is 4. The molecular weight excluding hydrogens is 602 g/mol. The van der Waals surface area contributed by atoms with Crippen LogP contribution in [0.5, 0.6) is 17.2 Å². The first kappa shape index (κ1) is 33.8. The van der Waals surface area contributed by atoms with Crippen LogP contribution in [0.3, 0.4) is 0 Å². The molecule has 4 aromatic rings. The van der Waals surface area contributed by atoms with Crippen LogP contribution in [0.4, 0.5) is 27.5 Å². The number of hydrogen-bond acceptors (Lipinski definition) is 7. The highest BCUT2D eigenvalue weighted by atomic mass is 16.5. The molecule has 0 spiro atoms. The van der Waals surface area contributed by atoms with E-state index in [9.17, 15) is 19.2 Å². The number of carbonyl (C=O) groups excluding carboxylic acids is 4. The van der Waals surface area contributed by atoms with Crippen molar-refractivity contribution in [1.82, 2.24) is 5.32 Å². The molecule has 12 nitrogen and oxygen atoms in total. The molecular formula is C35H36N5O7. The van der Waals surface area contributed by atoms with Gasteiger partial charge in [-0.1, -0.05) is 42.5 Å². The van der Waals surface area contributed by atoms with Crippen molar-refractivity contribution in [3.8, 4) is 17.2 Å². The Morgan fingerprint density at radius 2 is 1.32 bits per heavy atom. The van der Waals surface area contributed by atoms with E-state index in [0.717, 1.165) is 0 Å². The Hall–Kier alpha value is -6.04. The lowest BCUT2D eigenvalue weighted by Crippen LogP contribution is -2.46. The van der Waals surface area contributed by atoms with Crippen molar-refractivity contribution >= 4 is 46.5 Å². The summed E-state index contributed by atoms with van der Waals surface area (Å²) in [5, 5.41) is 5.13. The smallest absolute Gasteiger partial charge is 0.319 e. The van der Waals surface area contributed by atoms with Crippen molar-refractivity contribution in [2.45, 2.75) is 0 Å². The number of hydrogen-bond donors (Lipinski definition) is 2. The number of likely N-dealkylation sites (N-methyl/N-ethyl adjacent to an activating group) is 2. The Balaban J connectivity index is 1.48. The van der Waals surface area contributed by atoms with Crippen LogP contribution >= 0.6 is 0 Å². The number of nitrogens with zero attached hydrogens (tertiary/aromatic N) is 3. The molecule has 1 radical (unpaired) electrons. The van der Waals surface area contributed by atoms with Gasteiger partial charge in [0.2, 0.25) is 11.8 Å². The van der Waals surface area contributed by atoms with Gasteiger partial charge < -0.3 is 39.5 Å². The Labute approximate surface area is 273 Å². The molecule has 243 valence electrons. The molecule has 12 heteroatoms. The van der Waals surface area contributed by atoms with Crippen molar-refractivity contribution in [1.29, 1.82) is 0 Å². The van der Waals surface area contributed by atoms with Gasteiger partial charge in [0.25, 0.3) is 5.91 Å². The second-order valence-electron chi connectivity index (χ2n) is 10.2. The summed E-state index contributed by atoms with van der Waals surface area (Å²) in [4.78, 5) is 56.4. The number of benzene rings is 4. The highest BCUT2D eigenvalue weighted by Gasteiger charge is 2.23. The fraction of sp³-hybridized carbons (Fsp3) is 0.200. The van der Waals surface area contributed by atoms with Gasteiger partial charge in [-0.05, 0) is 30.3 Å². The summed E-state index contributed by atoms with van der Waals surface area (Å²) in [6.07, 6.45) is 0. The summed E-state index contributed by atoms with van der Waals surface area (Å²) < 4.78 is 16.4. The third kappa shape index (κ3) is 9.47. The Morgan fingerprint density at radius 1 is 0.681 bits per heavy atom. The van der Waals surface area contributed by atoms with Crippen LogP contribution in [0, 0.1) is 6.07 Å². The summed E-state index contributed by atoms with van der Waals surface area (Å²) in [5.74, 6) is 0.0608. The number of para-hydroxylation sites is 2. The van der Waals surface area contributed by atoms with Crippen LogP contribution in [0.1, 0.15) is 0 Å². The molecule has 0 saturated heterocycles. The van der Waals surface area contributed by atoms with E-state index in [1.807, 2.05) is 6.07 Å². The molecule has 0 aliphatic heterocycles. The Morgan fingerprint density at radius 3 is 1.98 bits per heavy atom. The summed E-state index contributed by atoms with van der Waals surface area (Å²) in [5.41, 5.74) is 1.96. The zero-order chi connectivity index (χ0) is 33.8. The number of ether oxygens (including phenoxy) is 3. The third-order valence-electron chi connectivity index (χ3n) is 7.06. The maximum atomic E-state index is 13.5. The molecule has 0 bridgehead atoms. The standard InChI is InChI=1S/C35H36N5O7/c1-38(26-14-9-6-10-15-26)33(42)23-40(32(41)22-36-35(44)37-25-12-7-5-8-13-25)27-16-11-17-29(18-27)47-24-34(43)39(2)28-19-30(45-3)21-31(20-28)46-4/h5-12,14-21H,22-24H2,1-4H3,(H2,36,37,44). The van der Waals surface area contributed by atoms with Crippen molar-refractivity contribution in [3.05, 3.63) is 103 Å². The summed E-state index contributed by atoms with van der Waals surface area (Å²) >= 11 is 0. The van der Waals surface area contributed by atoms with E-state index in [1.165, 1.54) is 28.9 Å². The maximum Gasteiger partial charge on any atom is 0.319 e. The van der Waals surface area contributed by atoms with E-state index < -0.39 is 18.5 Å². The average Bonchev–Trinajstić information content (AvgIpc) is 3.11.